The van der Waals surface area contributed by atoms with E-state index in [1.165, 1.54) is 0 Å². The van der Waals surface area contributed by atoms with Crippen molar-refractivity contribution in [2.24, 2.45) is 0 Å². The Kier molecular flexibility index (Phi) is 5.19. The minimum atomic E-state index is -0.567. The average Bonchev–Trinajstić information content (AvgIpc) is 3.27. The summed E-state index contributed by atoms with van der Waals surface area (Å²) in [4.78, 5) is 29.9. The van der Waals surface area contributed by atoms with Gasteiger partial charge < -0.3 is 9.26 Å². The maximum absolute atomic E-state index is 12.8. The van der Waals surface area contributed by atoms with Crippen LogP contribution in [0.15, 0.2) is 40.9 Å². The number of nitrogens with zero attached hydrogens (tertiary/aromatic N) is 3. The van der Waals surface area contributed by atoms with Gasteiger partial charge in [0.15, 0.2) is 12.4 Å². The molecular weight excluding hydrogens is 394 g/mol. The molecule has 0 aliphatic carbocycles. The summed E-state index contributed by atoms with van der Waals surface area (Å²) in [6, 6.07) is 11.2. The third-order valence-corrected chi connectivity index (χ3v) is 5.29. The number of hydrogen-bond donors (Lipinski definition) is 0. The molecule has 0 fully saturated rings. The smallest absolute Gasteiger partial charge is 0.340 e. The number of Topliss-reactive ketones (excluding diaryl/α,β-unsaturated/α-hetero) is 1. The van der Waals surface area contributed by atoms with E-state index in [-0.39, 0.29) is 12.4 Å². The third kappa shape index (κ3) is 3.86. The van der Waals surface area contributed by atoms with Crippen LogP contribution in [0.1, 0.15) is 49.1 Å². The van der Waals surface area contributed by atoms with Crippen molar-refractivity contribution in [2.75, 3.05) is 6.61 Å². The van der Waals surface area contributed by atoms with E-state index in [1.807, 2.05) is 43.5 Å². The van der Waals surface area contributed by atoms with Crippen LogP contribution in [-0.2, 0) is 4.74 Å². The average molecular weight is 417 g/mol. The Labute approximate surface area is 179 Å². The van der Waals surface area contributed by atoms with Crippen LogP contribution in [0.4, 0.5) is 0 Å². The number of ether oxygens (including phenoxy) is 1. The number of pyridine rings is 1. The van der Waals surface area contributed by atoms with Crippen molar-refractivity contribution in [3.05, 3.63) is 75.9 Å². The van der Waals surface area contributed by atoms with Crippen molar-refractivity contribution in [3.63, 3.8) is 0 Å². The van der Waals surface area contributed by atoms with Gasteiger partial charge in [-0.3, -0.25) is 14.3 Å². The second-order valence-corrected chi connectivity index (χ2v) is 7.73. The summed E-state index contributed by atoms with van der Waals surface area (Å²) in [5, 5.41) is 4.88. The summed E-state index contributed by atoms with van der Waals surface area (Å²) < 4.78 is 12.3. The molecule has 0 aliphatic rings. The molecule has 7 heteroatoms. The lowest BCUT2D eigenvalue weighted by atomic mass is 10.1. The number of aromatic nitrogens is 3. The van der Waals surface area contributed by atoms with Crippen LogP contribution in [0.3, 0.4) is 0 Å². The first kappa shape index (κ1) is 20.5. The molecule has 0 radical (unpaired) electrons. The molecule has 3 aromatic heterocycles. The van der Waals surface area contributed by atoms with Crippen molar-refractivity contribution in [3.8, 4) is 5.82 Å². The van der Waals surface area contributed by atoms with Gasteiger partial charge in [0.05, 0.1) is 16.8 Å². The quantitative estimate of drug-likeness (QED) is 0.348. The molecule has 4 aromatic rings. The lowest BCUT2D eigenvalue weighted by Gasteiger charge is -2.09. The number of carbonyl (C=O) groups excluding carboxylic acids is 2. The zero-order valence-corrected chi connectivity index (χ0v) is 18.1. The molecule has 0 amide bonds. The lowest BCUT2D eigenvalue weighted by molar-refractivity contribution is 0.0473. The highest BCUT2D eigenvalue weighted by Gasteiger charge is 2.21. The first-order chi connectivity index (χ1) is 14.7. The van der Waals surface area contributed by atoms with Crippen LogP contribution in [-0.4, -0.2) is 33.1 Å². The highest BCUT2D eigenvalue weighted by atomic mass is 16.5. The standard InChI is InChI=1S/C24H23N3O4/c1-13-6-7-21-18(8-13)11-19(16(4)25-21)24(29)30-12-22(28)20-9-14(2)27(17(20)5)23-10-15(3)31-26-23/h6-11H,12H2,1-5H3. The van der Waals surface area contributed by atoms with E-state index in [2.05, 4.69) is 10.1 Å². The zero-order valence-electron chi connectivity index (χ0n) is 18.1. The van der Waals surface area contributed by atoms with Crippen LogP contribution in [0, 0.1) is 34.6 Å². The number of aryl methyl sites for hydroxylation is 4. The van der Waals surface area contributed by atoms with Crippen molar-refractivity contribution in [1.29, 1.82) is 0 Å². The molecule has 0 bridgehead atoms. The van der Waals surface area contributed by atoms with Gasteiger partial charge in [-0.2, -0.15) is 0 Å². The zero-order chi connectivity index (χ0) is 22.3. The van der Waals surface area contributed by atoms with Crippen molar-refractivity contribution < 1.29 is 18.8 Å². The maximum atomic E-state index is 12.8. The number of fused-ring (bicyclic) bond motifs is 1. The number of rotatable bonds is 5. The Balaban J connectivity index is 1.53. The Morgan fingerprint density at radius 3 is 2.48 bits per heavy atom. The summed E-state index contributed by atoms with van der Waals surface area (Å²) >= 11 is 0. The molecule has 158 valence electrons. The Morgan fingerprint density at radius 2 is 1.77 bits per heavy atom. The third-order valence-electron chi connectivity index (χ3n) is 5.29. The molecule has 0 N–H and O–H groups in total. The van der Waals surface area contributed by atoms with Crippen LogP contribution in [0.5, 0.6) is 0 Å². The van der Waals surface area contributed by atoms with Crippen LogP contribution < -0.4 is 0 Å². The summed E-state index contributed by atoms with van der Waals surface area (Å²) in [7, 11) is 0. The number of esters is 1. The molecule has 4 rings (SSSR count). The Morgan fingerprint density at radius 1 is 1.00 bits per heavy atom. The van der Waals surface area contributed by atoms with E-state index < -0.39 is 5.97 Å². The predicted molar refractivity (Wildman–Crippen MR) is 116 cm³/mol. The Hall–Kier alpha value is -3.74. The molecule has 0 spiro atoms. The fourth-order valence-corrected chi connectivity index (χ4v) is 3.74. The first-order valence-electron chi connectivity index (χ1n) is 9.95. The van der Waals surface area contributed by atoms with Crippen LogP contribution in [0.25, 0.3) is 16.7 Å². The number of hydrogen-bond acceptors (Lipinski definition) is 6. The van der Waals surface area contributed by atoms with E-state index in [1.54, 1.807) is 32.0 Å². The Bertz CT molecular complexity index is 1330. The van der Waals surface area contributed by atoms with Gasteiger partial charge in [-0.15, -0.1) is 0 Å². The van der Waals surface area contributed by atoms with Crippen molar-refractivity contribution in [1.82, 2.24) is 14.7 Å². The highest BCUT2D eigenvalue weighted by molar-refractivity contribution is 6.01. The predicted octanol–water partition coefficient (Wildman–Crippen LogP) is 4.60. The van der Waals surface area contributed by atoms with Crippen molar-refractivity contribution in [2.45, 2.75) is 34.6 Å². The molecule has 0 saturated carbocycles. The minimum absolute atomic E-state index is 0.282. The molecule has 0 aliphatic heterocycles. The van der Waals surface area contributed by atoms with E-state index in [0.717, 1.165) is 22.2 Å². The first-order valence-corrected chi connectivity index (χ1v) is 9.95. The summed E-state index contributed by atoms with van der Waals surface area (Å²) in [6.07, 6.45) is 0. The normalized spacial score (nSPS) is 11.1. The molecule has 0 saturated heterocycles. The number of ketones is 1. The SMILES string of the molecule is Cc1ccc2nc(C)c(C(=O)OCC(=O)c3cc(C)n(-c4cc(C)on4)c3C)cc2c1. The molecule has 0 atom stereocenters. The molecule has 3 heterocycles. The number of carbonyl (C=O) groups is 2. The molecule has 31 heavy (non-hydrogen) atoms. The number of benzene rings is 1. The fourth-order valence-electron chi connectivity index (χ4n) is 3.74. The van der Waals surface area contributed by atoms with Gasteiger partial charge in [-0.05, 0) is 58.9 Å². The second kappa shape index (κ2) is 7.83. The monoisotopic (exact) mass is 417 g/mol. The fraction of sp³-hybridized carbons (Fsp3) is 0.250. The van der Waals surface area contributed by atoms with E-state index in [9.17, 15) is 9.59 Å². The molecule has 0 unspecified atom stereocenters. The van der Waals surface area contributed by atoms with Gasteiger partial charge in [-0.1, -0.05) is 16.8 Å². The van der Waals surface area contributed by atoms with Gasteiger partial charge in [0.2, 0.25) is 5.78 Å². The largest absolute Gasteiger partial charge is 0.454 e. The van der Waals surface area contributed by atoms with Gasteiger partial charge >= 0.3 is 5.97 Å². The van der Waals surface area contributed by atoms with Gasteiger partial charge in [-0.25, -0.2) is 4.79 Å². The minimum Gasteiger partial charge on any atom is -0.454 e. The highest BCUT2D eigenvalue weighted by Crippen LogP contribution is 2.22. The molecule has 7 nitrogen and oxygen atoms in total. The summed E-state index contributed by atoms with van der Waals surface area (Å²) in [5.74, 6) is 0.438. The van der Waals surface area contributed by atoms with Crippen LogP contribution in [0.2, 0.25) is 0 Å². The topological polar surface area (TPSA) is 87.2 Å². The molecule has 1 aromatic carbocycles. The van der Waals surface area contributed by atoms with E-state index in [0.29, 0.717) is 34.1 Å². The van der Waals surface area contributed by atoms with E-state index in [4.69, 9.17) is 9.26 Å². The van der Waals surface area contributed by atoms with Gasteiger partial charge in [0, 0.05) is 28.4 Å². The maximum Gasteiger partial charge on any atom is 0.340 e. The molecular formula is C24H23N3O4. The van der Waals surface area contributed by atoms with E-state index >= 15 is 0 Å². The van der Waals surface area contributed by atoms with Gasteiger partial charge in [0.25, 0.3) is 0 Å². The summed E-state index contributed by atoms with van der Waals surface area (Å²) in [5.41, 5.74) is 4.84. The summed E-state index contributed by atoms with van der Waals surface area (Å²) in [6.45, 7) is 8.89. The van der Waals surface area contributed by atoms with Crippen LogP contribution >= 0.6 is 0 Å². The second-order valence-electron chi connectivity index (χ2n) is 7.73. The van der Waals surface area contributed by atoms with Gasteiger partial charge in [0.1, 0.15) is 5.76 Å². The lowest BCUT2D eigenvalue weighted by Crippen LogP contribution is -2.16. The van der Waals surface area contributed by atoms with Crippen molar-refractivity contribution >= 4 is 22.7 Å².